The zero-order valence-corrected chi connectivity index (χ0v) is 19.4. The predicted octanol–water partition coefficient (Wildman–Crippen LogP) is 3.81. The predicted molar refractivity (Wildman–Crippen MR) is 119 cm³/mol. The molecule has 0 aliphatic heterocycles. The molecule has 0 amide bonds. The average molecular weight is 479 g/mol. The van der Waals surface area contributed by atoms with E-state index in [9.17, 15) is 0 Å². The van der Waals surface area contributed by atoms with Gasteiger partial charge in [0.15, 0.2) is 5.96 Å². The lowest BCUT2D eigenvalue weighted by Crippen LogP contribution is -2.43. The van der Waals surface area contributed by atoms with Gasteiger partial charge in [-0.25, -0.2) is 9.98 Å². The number of thiazole rings is 1. The van der Waals surface area contributed by atoms with E-state index in [1.165, 1.54) is 18.5 Å². The second-order valence-electron chi connectivity index (χ2n) is 7.01. The number of nitrogens with one attached hydrogen (secondary N) is 2. The molecule has 1 aromatic heterocycles. The Morgan fingerprint density at radius 1 is 1.32 bits per heavy atom. The maximum Gasteiger partial charge on any atom is 0.191 e. The maximum absolute atomic E-state index is 4.68. The van der Waals surface area contributed by atoms with Crippen LogP contribution in [0.25, 0.3) is 0 Å². The van der Waals surface area contributed by atoms with Crippen LogP contribution in [0.5, 0.6) is 0 Å². The zero-order chi connectivity index (χ0) is 17.5. The first kappa shape index (κ1) is 22.6. The Morgan fingerprint density at radius 2 is 2.04 bits per heavy atom. The molecule has 25 heavy (non-hydrogen) atoms. The van der Waals surface area contributed by atoms with Crippen LogP contribution in [0.2, 0.25) is 0 Å². The van der Waals surface area contributed by atoms with Crippen molar-refractivity contribution in [1.29, 1.82) is 0 Å². The molecular weight excluding hydrogens is 445 g/mol. The van der Waals surface area contributed by atoms with Crippen molar-refractivity contribution in [1.82, 2.24) is 20.5 Å². The number of nitrogens with zero attached hydrogens (tertiary/aromatic N) is 3. The normalized spacial score (nSPS) is 15.0. The van der Waals surface area contributed by atoms with Gasteiger partial charge in [0.2, 0.25) is 0 Å². The van der Waals surface area contributed by atoms with Crippen molar-refractivity contribution in [2.45, 2.75) is 72.0 Å². The lowest BCUT2D eigenvalue weighted by atomic mass is 10.2. The number of halogens is 1. The van der Waals surface area contributed by atoms with Crippen LogP contribution < -0.4 is 10.6 Å². The Bertz CT molecular complexity index is 523. The van der Waals surface area contributed by atoms with E-state index in [1.807, 2.05) is 0 Å². The summed E-state index contributed by atoms with van der Waals surface area (Å²) in [6.45, 7) is 14.5. The first-order valence-electron chi connectivity index (χ1n) is 9.23. The second kappa shape index (κ2) is 11.3. The number of rotatable bonds is 9. The van der Waals surface area contributed by atoms with Gasteiger partial charge in [0.05, 0.1) is 12.2 Å². The van der Waals surface area contributed by atoms with E-state index < -0.39 is 0 Å². The minimum Gasteiger partial charge on any atom is -0.357 e. The van der Waals surface area contributed by atoms with Crippen molar-refractivity contribution in [3.63, 3.8) is 0 Å². The molecule has 1 saturated carbocycles. The fourth-order valence-electron chi connectivity index (χ4n) is 2.72. The van der Waals surface area contributed by atoms with Gasteiger partial charge in [-0.1, -0.05) is 13.8 Å². The number of aromatic nitrogens is 1. The van der Waals surface area contributed by atoms with Crippen molar-refractivity contribution in [3.05, 3.63) is 16.1 Å². The molecule has 5 nitrogen and oxygen atoms in total. The summed E-state index contributed by atoms with van der Waals surface area (Å²) in [6.07, 6.45) is 2.71. The molecule has 0 atom stereocenters. The average Bonchev–Trinajstić information content (AvgIpc) is 3.24. The van der Waals surface area contributed by atoms with Crippen LogP contribution in [0.3, 0.4) is 0 Å². The third kappa shape index (κ3) is 7.78. The standard InChI is InChI=1S/C18H33N5S.HI/c1-6-19-18(20-9-10-23(14(4)5)15-7-8-15)21-11-17-22-16(12-24-17)13(2)3;/h12-15H,6-11H2,1-5H3,(H2,19,20,21);1H. The molecule has 7 heteroatoms. The summed E-state index contributed by atoms with van der Waals surface area (Å²) >= 11 is 1.70. The molecule has 0 spiro atoms. The van der Waals surface area contributed by atoms with Crippen LogP contribution in [-0.4, -0.2) is 47.6 Å². The summed E-state index contributed by atoms with van der Waals surface area (Å²) in [4.78, 5) is 11.9. The van der Waals surface area contributed by atoms with Crippen LogP contribution >= 0.6 is 35.3 Å². The van der Waals surface area contributed by atoms with Crippen LogP contribution in [0.1, 0.15) is 64.1 Å². The highest BCUT2D eigenvalue weighted by Crippen LogP contribution is 2.27. The topological polar surface area (TPSA) is 52.6 Å². The summed E-state index contributed by atoms with van der Waals surface area (Å²) in [6, 6.07) is 1.42. The smallest absolute Gasteiger partial charge is 0.191 e. The van der Waals surface area contributed by atoms with Crippen LogP contribution in [0.4, 0.5) is 0 Å². The molecule has 0 bridgehead atoms. The Hall–Kier alpha value is -0.410. The highest BCUT2D eigenvalue weighted by Gasteiger charge is 2.30. The zero-order valence-electron chi connectivity index (χ0n) is 16.2. The Labute approximate surface area is 174 Å². The van der Waals surface area contributed by atoms with E-state index in [2.05, 4.69) is 65.5 Å². The lowest BCUT2D eigenvalue weighted by molar-refractivity contribution is 0.215. The van der Waals surface area contributed by atoms with Gasteiger partial charge in [-0.15, -0.1) is 35.3 Å². The third-order valence-corrected chi connectivity index (χ3v) is 5.07. The van der Waals surface area contributed by atoms with E-state index in [0.29, 0.717) is 18.5 Å². The first-order chi connectivity index (χ1) is 11.5. The molecule has 0 radical (unpaired) electrons. The molecule has 1 fully saturated rings. The Kier molecular flexibility index (Phi) is 10.3. The third-order valence-electron chi connectivity index (χ3n) is 4.22. The second-order valence-corrected chi connectivity index (χ2v) is 7.95. The number of hydrogen-bond donors (Lipinski definition) is 2. The van der Waals surface area contributed by atoms with Gasteiger partial charge in [-0.05, 0) is 39.5 Å². The summed E-state index contributed by atoms with van der Waals surface area (Å²) in [5.74, 6) is 1.37. The van der Waals surface area contributed by atoms with E-state index in [1.54, 1.807) is 11.3 Å². The van der Waals surface area contributed by atoms with E-state index in [0.717, 1.165) is 36.6 Å². The quantitative estimate of drug-likeness (QED) is 0.321. The van der Waals surface area contributed by atoms with Crippen molar-refractivity contribution in [3.8, 4) is 0 Å². The summed E-state index contributed by atoms with van der Waals surface area (Å²) < 4.78 is 0. The maximum atomic E-state index is 4.68. The molecule has 2 rings (SSSR count). The van der Waals surface area contributed by atoms with E-state index >= 15 is 0 Å². The summed E-state index contributed by atoms with van der Waals surface area (Å²) in [7, 11) is 0. The van der Waals surface area contributed by atoms with Gasteiger partial charge in [0, 0.05) is 37.1 Å². The molecule has 1 aliphatic rings. The van der Waals surface area contributed by atoms with Crippen LogP contribution in [0, 0.1) is 0 Å². The highest BCUT2D eigenvalue weighted by molar-refractivity contribution is 14.0. The molecule has 1 aromatic rings. The van der Waals surface area contributed by atoms with Crippen LogP contribution in [-0.2, 0) is 6.54 Å². The summed E-state index contributed by atoms with van der Waals surface area (Å²) in [5.41, 5.74) is 1.17. The van der Waals surface area contributed by atoms with Crippen molar-refractivity contribution < 1.29 is 0 Å². The summed E-state index contributed by atoms with van der Waals surface area (Å²) in [5, 5.41) is 10.0. The van der Waals surface area contributed by atoms with Crippen LogP contribution in [0.15, 0.2) is 10.4 Å². The minimum absolute atomic E-state index is 0. The Morgan fingerprint density at radius 3 is 2.56 bits per heavy atom. The van der Waals surface area contributed by atoms with Gasteiger partial charge in [0.1, 0.15) is 5.01 Å². The SMILES string of the molecule is CCNC(=NCc1nc(C(C)C)cs1)NCCN(C(C)C)C1CC1.I. The number of hydrogen-bond acceptors (Lipinski definition) is 4. The fourth-order valence-corrected chi connectivity index (χ4v) is 3.60. The van der Waals surface area contributed by atoms with E-state index in [-0.39, 0.29) is 24.0 Å². The van der Waals surface area contributed by atoms with Gasteiger partial charge in [-0.3, -0.25) is 4.90 Å². The van der Waals surface area contributed by atoms with Gasteiger partial charge in [-0.2, -0.15) is 0 Å². The molecule has 2 N–H and O–H groups in total. The van der Waals surface area contributed by atoms with Gasteiger partial charge in [0.25, 0.3) is 0 Å². The lowest BCUT2D eigenvalue weighted by Gasteiger charge is -2.26. The number of guanidine groups is 1. The van der Waals surface area contributed by atoms with Crippen molar-refractivity contribution >= 4 is 41.3 Å². The monoisotopic (exact) mass is 479 g/mol. The van der Waals surface area contributed by atoms with Crippen molar-refractivity contribution in [2.75, 3.05) is 19.6 Å². The van der Waals surface area contributed by atoms with Gasteiger partial charge >= 0.3 is 0 Å². The van der Waals surface area contributed by atoms with Gasteiger partial charge < -0.3 is 10.6 Å². The Balaban J connectivity index is 0.00000312. The minimum atomic E-state index is 0. The molecule has 144 valence electrons. The number of aliphatic imine (C=N–C) groups is 1. The largest absolute Gasteiger partial charge is 0.357 e. The highest BCUT2D eigenvalue weighted by atomic mass is 127. The van der Waals surface area contributed by atoms with Crippen molar-refractivity contribution in [2.24, 2.45) is 4.99 Å². The molecule has 0 saturated heterocycles. The molecular formula is C18H34IN5S. The molecule has 1 aliphatic carbocycles. The first-order valence-corrected chi connectivity index (χ1v) is 10.1. The molecule has 0 aromatic carbocycles. The fraction of sp³-hybridized carbons (Fsp3) is 0.778. The molecule has 1 heterocycles. The molecule has 0 unspecified atom stereocenters. The van der Waals surface area contributed by atoms with E-state index in [4.69, 9.17) is 0 Å².